The largest absolute Gasteiger partial charge is 0.481 e. The Bertz CT molecular complexity index is 506. The third kappa shape index (κ3) is 4.71. The normalized spacial score (nSPS) is 21.8. The summed E-state index contributed by atoms with van der Waals surface area (Å²) in [5, 5.41) is 16.7. The highest BCUT2D eigenvalue weighted by atomic mass is 79.9. The average Bonchev–Trinajstić information content (AvgIpc) is 2.88. The first-order valence-corrected chi connectivity index (χ1v) is 8.71. The van der Waals surface area contributed by atoms with Gasteiger partial charge in [0.15, 0.2) is 0 Å². The molecule has 0 radical (unpaired) electrons. The summed E-state index contributed by atoms with van der Waals surface area (Å²) in [5.74, 6) is -1.04. The summed E-state index contributed by atoms with van der Waals surface area (Å²) in [5.41, 5.74) is 0. The molecule has 2 atom stereocenters. The topological polar surface area (TPSA) is 78.4 Å². The molecular weight excluding hydrogens is 356 g/mol. The molecule has 1 aromatic heterocycles. The quantitative estimate of drug-likeness (QED) is 0.740. The monoisotopic (exact) mass is 374 g/mol. The van der Waals surface area contributed by atoms with Crippen LogP contribution >= 0.6 is 27.3 Å². The molecule has 0 saturated heterocycles. The van der Waals surface area contributed by atoms with E-state index in [0.717, 1.165) is 28.6 Å². The fourth-order valence-corrected chi connectivity index (χ4v) is 4.11. The van der Waals surface area contributed by atoms with Crippen molar-refractivity contribution in [3.05, 3.63) is 20.8 Å². The van der Waals surface area contributed by atoms with Gasteiger partial charge in [-0.05, 0) is 46.1 Å². The van der Waals surface area contributed by atoms with Crippen LogP contribution in [0.15, 0.2) is 15.9 Å². The van der Waals surface area contributed by atoms with Crippen LogP contribution in [0.25, 0.3) is 0 Å². The Morgan fingerprint density at radius 3 is 2.76 bits per heavy atom. The number of carbonyl (C=O) groups is 2. The van der Waals surface area contributed by atoms with E-state index in [-0.39, 0.29) is 17.9 Å². The van der Waals surface area contributed by atoms with Crippen LogP contribution in [0.3, 0.4) is 0 Å². The first kappa shape index (κ1) is 16.3. The van der Waals surface area contributed by atoms with Crippen molar-refractivity contribution in [3.63, 3.8) is 0 Å². The van der Waals surface area contributed by atoms with Crippen molar-refractivity contribution in [2.24, 2.45) is 11.8 Å². The van der Waals surface area contributed by atoms with Crippen molar-refractivity contribution < 1.29 is 14.7 Å². The molecule has 0 spiro atoms. The second-order valence-electron chi connectivity index (χ2n) is 5.24. The van der Waals surface area contributed by atoms with E-state index in [2.05, 4.69) is 26.6 Å². The van der Waals surface area contributed by atoms with Crippen LogP contribution in [0.2, 0.25) is 0 Å². The van der Waals surface area contributed by atoms with Crippen LogP contribution in [-0.2, 0) is 11.3 Å². The van der Waals surface area contributed by atoms with Gasteiger partial charge < -0.3 is 15.7 Å². The number of carboxylic acids is 1. The van der Waals surface area contributed by atoms with Crippen molar-refractivity contribution >= 4 is 39.3 Å². The minimum atomic E-state index is -0.746. The number of halogens is 1. The smallest absolute Gasteiger partial charge is 0.315 e. The minimum Gasteiger partial charge on any atom is -0.481 e. The Labute approximate surface area is 136 Å². The number of rotatable bonds is 5. The maximum atomic E-state index is 11.8. The molecule has 3 N–H and O–H groups in total. The van der Waals surface area contributed by atoms with E-state index in [1.165, 1.54) is 0 Å². The predicted molar refractivity (Wildman–Crippen MR) is 85.3 cm³/mol. The summed E-state index contributed by atoms with van der Waals surface area (Å²) < 4.78 is 0.992. The molecule has 2 rings (SSSR count). The van der Waals surface area contributed by atoms with Crippen molar-refractivity contribution in [1.29, 1.82) is 0 Å². The first-order chi connectivity index (χ1) is 10.1. The number of thiophene rings is 1. The molecule has 1 saturated carbocycles. The van der Waals surface area contributed by atoms with Crippen LogP contribution in [-0.4, -0.2) is 23.7 Å². The molecule has 116 valence electrons. The zero-order valence-corrected chi connectivity index (χ0v) is 14.0. The summed E-state index contributed by atoms with van der Waals surface area (Å²) in [4.78, 5) is 24.0. The molecule has 0 aliphatic heterocycles. The first-order valence-electron chi connectivity index (χ1n) is 7.04. The summed E-state index contributed by atoms with van der Waals surface area (Å²) in [7, 11) is 0. The highest BCUT2D eigenvalue weighted by molar-refractivity contribution is 9.10. The molecule has 2 amide bonds. The maximum absolute atomic E-state index is 11.8. The number of hydrogen-bond donors (Lipinski definition) is 3. The van der Waals surface area contributed by atoms with Gasteiger partial charge in [0.05, 0.1) is 12.5 Å². The average molecular weight is 375 g/mol. The molecule has 0 bridgehead atoms. The van der Waals surface area contributed by atoms with Gasteiger partial charge >= 0.3 is 12.0 Å². The molecule has 1 heterocycles. The molecule has 1 aromatic rings. The zero-order chi connectivity index (χ0) is 15.2. The fourth-order valence-electron chi connectivity index (χ4n) is 2.68. The summed E-state index contributed by atoms with van der Waals surface area (Å²) in [6.07, 6.45) is 3.59. The van der Waals surface area contributed by atoms with Gasteiger partial charge in [-0.2, -0.15) is 0 Å². The molecule has 0 aromatic carbocycles. The number of urea groups is 1. The highest BCUT2D eigenvalue weighted by Gasteiger charge is 2.30. The zero-order valence-electron chi connectivity index (χ0n) is 11.6. The molecule has 1 fully saturated rings. The maximum Gasteiger partial charge on any atom is 0.315 e. The van der Waals surface area contributed by atoms with Crippen LogP contribution in [0.1, 0.15) is 30.6 Å². The van der Waals surface area contributed by atoms with Gasteiger partial charge in [0.25, 0.3) is 0 Å². The second-order valence-corrected chi connectivity index (χ2v) is 7.10. The minimum absolute atomic E-state index is 0.0375. The molecule has 1 aliphatic carbocycles. The van der Waals surface area contributed by atoms with Gasteiger partial charge in [-0.15, -0.1) is 11.3 Å². The van der Waals surface area contributed by atoms with Gasteiger partial charge in [0.1, 0.15) is 0 Å². The molecule has 7 heteroatoms. The highest BCUT2D eigenvalue weighted by Crippen LogP contribution is 2.29. The van der Waals surface area contributed by atoms with E-state index in [9.17, 15) is 14.7 Å². The number of carbonyl (C=O) groups excluding carboxylic acids is 1. The number of carboxylic acid groups (broad SMARTS) is 1. The molecule has 21 heavy (non-hydrogen) atoms. The lowest BCUT2D eigenvalue weighted by atomic mass is 9.79. The number of nitrogens with one attached hydrogen (secondary N) is 2. The van der Waals surface area contributed by atoms with E-state index in [1.54, 1.807) is 11.3 Å². The van der Waals surface area contributed by atoms with Crippen molar-refractivity contribution in [1.82, 2.24) is 10.6 Å². The Balaban J connectivity index is 1.75. The summed E-state index contributed by atoms with van der Waals surface area (Å²) in [6.45, 7) is 0.894. The second kappa shape index (κ2) is 7.79. The Morgan fingerprint density at radius 2 is 2.10 bits per heavy atom. The third-order valence-corrected chi connectivity index (χ3v) is 5.78. The van der Waals surface area contributed by atoms with E-state index in [4.69, 9.17) is 0 Å². The summed E-state index contributed by atoms with van der Waals surface area (Å²) in [6, 6.07) is 1.70. The number of hydrogen-bond acceptors (Lipinski definition) is 3. The van der Waals surface area contributed by atoms with E-state index in [1.807, 2.05) is 11.4 Å². The van der Waals surface area contributed by atoms with Crippen molar-refractivity contribution in [3.8, 4) is 0 Å². The Kier molecular flexibility index (Phi) is 6.05. The van der Waals surface area contributed by atoms with Crippen LogP contribution < -0.4 is 10.6 Å². The van der Waals surface area contributed by atoms with Crippen molar-refractivity contribution in [2.45, 2.75) is 32.2 Å². The van der Waals surface area contributed by atoms with E-state index in [0.29, 0.717) is 19.5 Å². The van der Waals surface area contributed by atoms with Gasteiger partial charge in [0.2, 0.25) is 0 Å². The summed E-state index contributed by atoms with van der Waals surface area (Å²) >= 11 is 4.99. The van der Waals surface area contributed by atoms with Gasteiger partial charge in [-0.1, -0.05) is 12.8 Å². The predicted octanol–water partition coefficient (Wildman–Crippen LogP) is 3.20. The lowest BCUT2D eigenvalue weighted by molar-refractivity contribution is -0.144. The lowest BCUT2D eigenvalue weighted by Gasteiger charge is -2.28. The standard InChI is InChI=1S/C14H19BrN2O3S/c15-11-5-6-21-12(11)8-17-14(20)16-7-9-3-1-2-4-10(9)13(18)19/h5-6,9-10H,1-4,7-8H2,(H,18,19)(H2,16,17,20). The number of aliphatic carboxylic acids is 1. The SMILES string of the molecule is O=C(NCc1sccc1Br)NCC1CCCCC1C(=O)O. The van der Waals surface area contributed by atoms with E-state index < -0.39 is 5.97 Å². The van der Waals surface area contributed by atoms with Gasteiger partial charge in [0, 0.05) is 15.9 Å². The third-order valence-electron chi connectivity index (χ3n) is 3.85. The van der Waals surface area contributed by atoms with E-state index >= 15 is 0 Å². The Morgan fingerprint density at radius 1 is 1.33 bits per heavy atom. The fraction of sp³-hybridized carbons (Fsp3) is 0.571. The molecule has 5 nitrogen and oxygen atoms in total. The van der Waals surface area contributed by atoms with Crippen LogP contribution in [0.4, 0.5) is 4.79 Å². The molecular formula is C14H19BrN2O3S. The van der Waals surface area contributed by atoms with Gasteiger partial charge in [-0.3, -0.25) is 4.79 Å². The lowest BCUT2D eigenvalue weighted by Crippen LogP contribution is -2.41. The van der Waals surface area contributed by atoms with Gasteiger partial charge in [-0.25, -0.2) is 4.79 Å². The van der Waals surface area contributed by atoms with Crippen LogP contribution in [0, 0.1) is 11.8 Å². The Hall–Kier alpha value is -1.08. The number of amides is 2. The van der Waals surface area contributed by atoms with Crippen LogP contribution in [0.5, 0.6) is 0 Å². The molecule has 2 unspecified atom stereocenters. The van der Waals surface area contributed by atoms with Crippen molar-refractivity contribution in [2.75, 3.05) is 6.54 Å². The molecule has 1 aliphatic rings.